The molecule has 0 saturated carbocycles. The molecule has 1 saturated heterocycles. The molecule has 0 aliphatic carbocycles. The normalized spacial score (nSPS) is 19.7. The molecule has 1 aromatic heterocycles. The fourth-order valence-electron chi connectivity index (χ4n) is 3.55. The minimum Gasteiger partial charge on any atom is -0.486 e. The Balaban J connectivity index is 1.58. The van der Waals surface area contributed by atoms with Gasteiger partial charge in [0, 0.05) is 6.54 Å². The first-order valence-electron chi connectivity index (χ1n) is 9.65. The monoisotopic (exact) mass is 379 g/mol. The predicted octanol–water partition coefficient (Wildman–Crippen LogP) is 3.25. The molecular formula is C22H25N3O3. The van der Waals surface area contributed by atoms with E-state index in [1.165, 1.54) is 0 Å². The molecule has 4 rings (SSSR count). The summed E-state index contributed by atoms with van der Waals surface area (Å²) in [6, 6.07) is 17.6. The SMILES string of the molecule is CC1CN(C(=O)Cn2c(COc3ccccc3)nc3ccccc32)C(C)CO1. The molecule has 6 nitrogen and oxygen atoms in total. The van der Waals surface area contributed by atoms with Crippen LogP contribution in [0.5, 0.6) is 5.75 Å². The van der Waals surface area contributed by atoms with Crippen LogP contribution in [0.25, 0.3) is 11.0 Å². The van der Waals surface area contributed by atoms with Crippen molar-refractivity contribution in [1.82, 2.24) is 14.5 Å². The average Bonchev–Trinajstić information content (AvgIpc) is 3.06. The summed E-state index contributed by atoms with van der Waals surface area (Å²) in [6.07, 6.45) is 0.0561. The number of carbonyl (C=O) groups excluding carboxylic acids is 1. The molecule has 2 unspecified atom stereocenters. The van der Waals surface area contributed by atoms with E-state index in [0.29, 0.717) is 19.8 Å². The predicted molar refractivity (Wildman–Crippen MR) is 107 cm³/mol. The van der Waals surface area contributed by atoms with Gasteiger partial charge in [0.25, 0.3) is 0 Å². The number of nitrogens with zero attached hydrogens (tertiary/aromatic N) is 3. The van der Waals surface area contributed by atoms with Gasteiger partial charge in [-0.3, -0.25) is 4.79 Å². The summed E-state index contributed by atoms with van der Waals surface area (Å²) in [6.45, 7) is 5.75. The van der Waals surface area contributed by atoms with Crippen LogP contribution in [-0.4, -0.2) is 45.7 Å². The zero-order valence-electron chi connectivity index (χ0n) is 16.2. The molecule has 0 radical (unpaired) electrons. The highest BCUT2D eigenvalue weighted by Crippen LogP contribution is 2.20. The van der Waals surface area contributed by atoms with Gasteiger partial charge in [0.2, 0.25) is 5.91 Å². The largest absolute Gasteiger partial charge is 0.486 e. The van der Waals surface area contributed by atoms with Crippen LogP contribution in [0.3, 0.4) is 0 Å². The Morgan fingerprint density at radius 2 is 1.89 bits per heavy atom. The van der Waals surface area contributed by atoms with Crippen molar-refractivity contribution in [2.24, 2.45) is 0 Å². The van der Waals surface area contributed by atoms with Gasteiger partial charge in [-0.15, -0.1) is 0 Å². The number of ether oxygens (including phenoxy) is 2. The van der Waals surface area contributed by atoms with Crippen molar-refractivity contribution >= 4 is 16.9 Å². The number of amides is 1. The summed E-state index contributed by atoms with van der Waals surface area (Å²) in [7, 11) is 0. The maximum atomic E-state index is 13.1. The number of para-hydroxylation sites is 3. The topological polar surface area (TPSA) is 56.6 Å². The smallest absolute Gasteiger partial charge is 0.242 e. The third-order valence-corrected chi connectivity index (χ3v) is 5.07. The van der Waals surface area contributed by atoms with E-state index in [1.54, 1.807) is 0 Å². The van der Waals surface area contributed by atoms with Gasteiger partial charge in [-0.1, -0.05) is 30.3 Å². The van der Waals surface area contributed by atoms with Crippen LogP contribution in [0, 0.1) is 0 Å². The molecule has 0 N–H and O–H groups in total. The zero-order valence-corrected chi connectivity index (χ0v) is 16.2. The fraction of sp³-hybridized carbons (Fsp3) is 0.364. The summed E-state index contributed by atoms with van der Waals surface area (Å²) in [5, 5.41) is 0. The molecule has 3 aromatic rings. The second-order valence-corrected chi connectivity index (χ2v) is 7.24. The Hall–Kier alpha value is -2.86. The number of aromatic nitrogens is 2. The first-order valence-corrected chi connectivity index (χ1v) is 9.65. The highest BCUT2D eigenvalue weighted by atomic mass is 16.5. The molecule has 0 bridgehead atoms. The number of benzene rings is 2. The van der Waals surface area contributed by atoms with E-state index in [4.69, 9.17) is 14.5 Å². The molecule has 6 heteroatoms. The van der Waals surface area contributed by atoms with Gasteiger partial charge in [0.05, 0.1) is 29.8 Å². The van der Waals surface area contributed by atoms with Gasteiger partial charge >= 0.3 is 0 Å². The second-order valence-electron chi connectivity index (χ2n) is 7.24. The van der Waals surface area contributed by atoms with E-state index in [0.717, 1.165) is 22.6 Å². The number of hydrogen-bond acceptors (Lipinski definition) is 4. The first kappa shape index (κ1) is 18.5. The summed E-state index contributed by atoms with van der Waals surface area (Å²) in [5.74, 6) is 1.60. The molecule has 2 aromatic carbocycles. The van der Waals surface area contributed by atoms with Crippen LogP contribution in [-0.2, 0) is 22.7 Å². The third kappa shape index (κ3) is 3.87. The van der Waals surface area contributed by atoms with E-state index in [-0.39, 0.29) is 24.6 Å². The Morgan fingerprint density at radius 3 is 2.71 bits per heavy atom. The Morgan fingerprint density at radius 1 is 1.14 bits per heavy atom. The molecular weight excluding hydrogens is 354 g/mol. The third-order valence-electron chi connectivity index (χ3n) is 5.07. The van der Waals surface area contributed by atoms with Crippen LogP contribution in [0.15, 0.2) is 54.6 Å². The van der Waals surface area contributed by atoms with Gasteiger partial charge in [-0.25, -0.2) is 4.98 Å². The average molecular weight is 379 g/mol. The summed E-state index contributed by atoms with van der Waals surface area (Å²) < 4.78 is 13.5. The highest BCUT2D eigenvalue weighted by molar-refractivity contribution is 5.81. The van der Waals surface area contributed by atoms with Crippen molar-refractivity contribution in [2.45, 2.75) is 39.1 Å². The van der Waals surface area contributed by atoms with Gasteiger partial charge in [0.15, 0.2) is 0 Å². The number of imidazole rings is 1. The van der Waals surface area contributed by atoms with E-state index in [2.05, 4.69) is 0 Å². The maximum Gasteiger partial charge on any atom is 0.242 e. The van der Waals surface area contributed by atoms with Gasteiger partial charge in [-0.05, 0) is 38.1 Å². The lowest BCUT2D eigenvalue weighted by molar-refractivity contribution is -0.143. The van der Waals surface area contributed by atoms with Crippen LogP contribution in [0.2, 0.25) is 0 Å². The zero-order chi connectivity index (χ0) is 19.5. The van der Waals surface area contributed by atoms with Crippen molar-refractivity contribution in [1.29, 1.82) is 0 Å². The summed E-state index contributed by atoms with van der Waals surface area (Å²) >= 11 is 0. The number of carbonyl (C=O) groups is 1. The molecule has 2 heterocycles. The van der Waals surface area contributed by atoms with Crippen LogP contribution in [0.4, 0.5) is 0 Å². The first-order chi connectivity index (χ1) is 13.6. The Bertz CT molecular complexity index is 954. The molecule has 28 heavy (non-hydrogen) atoms. The second kappa shape index (κ2) is 8.02. The van der Waals surface area contributed by atoms with Crippen molar-refractivity contribution in [3.63, 3.8) is 0 Å². The van der Waals surface area contributed by atoms with Gasteiger partial charge in [-0.2, -0.15) is 0 Å². The Labute approximate surface area is 164 Å². The molecule has 0 spiro atoms. The number of morpholine rings is 1. The van der Waals surface area contributed by atoms with Crippen molar-refractivity contribution in [2.75, 3.05) is 13.2 Å². The van der Waals surface area contributed by atoms with E-state index >= 15 is 0 Å². The van der Waals surface area contributed by atoms with Crippen molar-refractivity contribution in [3.05, 3.63) is 60.4 Å². The molecule has 1 fully saturated rings. The number of fused-ring (bicyclic) bond motifs is 1. The fourth-order valence-corrected chi connectivity index (χ4v) is 3.55. The molecule has 146 valence electrons. The maximum absolute atomic E-state index is 13.1. The van der Waals surface area contributed by atoms with Gasteiger partial charge < -0.3 is 18.9 Å². The number of rotatable bonds is 5. The molecule has 1 amide bonds. The molecule has 1 aliphatic rings. The van der Waals surface area contributed by atoms with E-state index in [9.17, 15) is 4.79 Å². The van der Waals surface area contributed by atoms with Crippen LogP contribution in [0.1, 0.15) is 19.7 Å². The van der Waals surface area contributed by atoms with Crippen molar-refractivity contribution < 1.29 is 14.3 Å². The van der Waals surface area contributed by atoms with Crippen molar-refractivity contribution in [3.8, 4) is 5.75 Å². The van der Waals surface area contributed by atoms with E-state index in [1.807, 2.05) is 77.9 Å². The molecule has 2 atom stereocenters. The lowest BCUT2D eigenvalue weighted by Crippen LogP contribution is -2.51. The lowest BCUT2D eigenvalue weighted by Gasteiger charge is -2.37. The minimum atomic E-state index is 0.0561. The minimum absolute atomic E-state index is 0.0561. The Kier molecular flexibility index (Phi) is 5.30. The quantitative estimate of drug-likeness (QED) is 0.683. The summed E-state index contributed by atoms with van der Waals surface area (Å²) in [5.41, 5.74) is 1.81. The van der Waals surface area contributed by atoms with E-state index < -0.39 is 0 Å². The standard InChI is InChI=1S/C22H25N3O3/c1-16-14-27-17(2)12-24(16)22(26)13-25-20-11-7-6-10-19(20)23-21(25)15-28-18-8-4-3-5-9-18/h3-11,16-17H,12-15H2,1-2H3. The number of hydrogen-bond donors (Lipinski definition) is 0. The summed E-state index contributed by atoms with van der Waals surface area (Å²) in [4.78, 5) is 19.7. The highest BCUT2D eigenvalue weighted by Gasteiger charge is 2.28. The van der Waals surface area contributed by atoms with Crippen LogP contribution < -0.4 is 4.74 Å². The van der Waals surface area contributed by atoms with Gasteiger partial charge in [0.1, 0.15) is 24.7 Å². The van der Waals surface area contributed by atoms with Crippen LogP contribution >= 0.6 is 0 Å². The molecule has 1 aliphatic heterocycles. The lowest BCUT2D eigenvalue weighted by atomic mass is 10.2.